The molecule has 4 aliphatic carbocycles. The van der Waals surface area contributed by atoms with E-state index < -0.39 is 11.1 Å². The van der Waals surface area contributed by atoms with Crippen LogP contribution in [0.2, 0.25) is 0 Å². The van der Waals surface area contributed by atoms with Crippen molar-refractivity contribution in [3.05, 3.63) is 90.8 Å². The van der Waals surface area contributed by atoms with Crippen LogP contribution in [0.3, 0.4) is 0 Å². The second kappa shape index (κ2) is 13.0. The number of nitrogens with one attached hydrogen (secondary N) is 2. The van der Waals surface area contributed by atoms with Gasteiger partial charge < -0.3 is 19.8 Å². The number of likely N-dealkylation sites (tertiary alicyclic amines) is 2. The second-order valence-electron chi connectivity index (χ2n) is 16.8. The number of fused-ring (bicyclic) bond motifs is 2. The van der Waals surface area contributed by atoms with Crippen LogP contribution in [0.15, 0.2) is 57.2 Å². The maximum absolute atomic E-state index is 14.2. The zero-order valence-corrected chi connectivity index (χ0v) is 30.8. The van der Waals surface area contributed by atoms with Gasteiger partial charge in [0, 0.05) is 36.6 Å². The number of rotatable bonds is 8. The Morgan fingerprint density at radius 3 is 1.59 bits per heavy atom. The average molecular weight is 695 g/mol. The van der Waals surface area contributed by atoms with Crippen LogP contribution in [-0.2, 0) is 33.5 Å². The van der Waals surface area contributed by atoms with Gasteiger partial charge in [-0.1, -0.05) is 23.3 Å². The summed E-state index contributed by atoms with van der Waals surface area (Å²) < 4.78 is 0. The lowest BCUT2D eigenvalue weighted by Gasteiger charge is -2.59. The molecular formula is C41H54N6O4. The van der Waals surface area contributed by atoms with Crippen molar-refractivity contribution in [2.24, 2.45) is 23.7 Å². The highest BCUT2D eigenvalue weighted by molar-refractivity contribution is 5.80. The predicted molar refractivity (Wildman–Crippen MR) is 197 cm³/mol. The summed E-state index contributed by atoms with van der Waals surface area (Å²) in [6.45, 7) is 8.05. The first-order valence-corrected chi connectivity index (χ1v) is 19.3. The molecule has 2 saturated heterocycles. The van der Waals surface area contributed by atoms with Crippen LogP contribution in [0.1, 0.15) is 81.3 Å². The predicted octanol–water partition coefficient (Wildman–Crippen LogP) is 3.93. The third-order valence-electron chi connectivity index (χ3n) is 13.4. The van der Waals surface area contributed by atoms with Crippen molar-refractivity contribution >= 4 is 11.8 Å². The number of aromatic amines is 2. The van der Waals surface area contributed by atoms with Crippen molar-refractivity contribution < 1.29 is 9.59 Å². The normalized spacial score (nSPS) is 30.5. The summed E-state index contributed by atoms with van der Waals surface area (Å²) in [7, 11) is 4.05. The number of carbonyl (C=O) groups excluding carboxylic acids is 2. The number of amides is 2. The van der Waals surface area contributed by atoms with Crippen LogP contribution in [0.25, 0.3) is 0 Å². The first kappa shape index (κ1) is 34.3. The maximum Gasteiger partial charge on any atom is 0.248 e. The van der Waals surface area contributed by atoms with Gasteiger partial charge in [0.1, 0.15) is 0 Å². The van der Waals surface area contributed by atoms with Gasteiger partial charge in [0.2, 0.25) is 22.9 Å². The molecule has 2 fully saturated rings. The lowest BCUT2D eigenvalue weighted by atomic mass is 9.56. The zero-order valence-electron chi connectivity index (χ0n) is 30.8. The van der Waals surface area contributed by atoms with Crippen LogP contribution in [0, 0.1) is 23.7 Å². The summed E-state index contributed by atoms with van der Waals surface area (Å²) in [6, 6.07) is 7.24. The molecule has 272 valence electrons. The minimum Gasteiger partial charge on any atom is -0.331 e. The molecule has 0 aromatic carbocycles. The van der Waals surface area contributed by atoms with Crippen molar-refractivity contribution in [1.82, 2.24) is 29.6 Å². The molecule has 2 aromatic heterocycles. The van der Waals surface area contributed by atoms with Crippen LogP contribution in [-0.4, -0.2) is 94.7 Å². The molecule has 51 heavy (non-hydrogen) atoms. The Labute approximate surface area is 301 Å². The molecule has 0 saturated carbocycles. The van der Waals surface area contributed by atoms with E-state index in [1.165, 1.54) is 11.1 Å². The van der Waals surface area contributed by atoms with Crippen molar-refractivity contribution in [3.63, 3.8) is 0 Å². The largest absolute Gasteiger partial charge is 0.331 e. The fourth-order valence-corrected chi connectivity index (χ4v) is 11.8. The van der Waals surface area contributed by atoms with Gasteiger partial charge in [0.05, 0.1) is 24.2 Å². The van der Waals surface area contributed by atoms with Gasteiger partial charge in [-0.3, -0.25) is 29.0 Å². The second-order valence-corrected chi connectivity index (χ2v) is 16.8. The Balaban J connectivity index is 0.912. The topological polar surface area (TPSA) is 113 Å². The smallest absolute Gasteiger partial charge is 0.248 e. The van der Waals surface area contributed by atoms with Crippen LogP contribution >= 0.6 is 0 Å². The molecule has 2 unspecified atom stereocenters. The fraction of sp³-hybridized carbons (Fsp3) is 0.610. The van der Waals surface area contributed by atoms with Crippen LogP contribution in [0.4, 0.5) is 0 Å². The molecule has 4 heterocycles. The zero-order chi connectivity index (χ0) is 35.7. The molecule has 6 atom stereocenters. The van der Waals surface area contributed by atoms with E-state index in [0.717, 1.165) is 106 Å². The summed E-state index contributed by atoms with van der Waals surface area (Å²) in [5.74, 6) is 1.72. The summed E-state index contributed by atoms with van der Waals surface area (Å²) >= 11 is 0. The number of nitrogens with zero attached hydrogens (tertiary/aromatic N) is 4. The lowest BCUT2D eigenvalue weighted by Crippen LogP contribution is -2.63. The summed E-state index contributed by atoms with van der Waals surface area (Å²) in [6.07, 6.45) is 13.1. The highest BCUT2D eigenvalue weighted by Gasteiger charge is 2.58. The molecule has 2 N–H and O–H groups in total. The molecule has 10 heteroatoms. The Morgan fingerprint density at radius 1 is 0.725 bits per heavy atom. The van der Waals surface area contributed by atoms with Crippen LogP contribution < -0.4 is 11.1 Å². The monoisotopic (exact) mass is 694 g/mol. The quantitative estimate of drug-likeness (QED) is 0.406. The number of pyridine rings is 2. The van der Waals surface area contributed by atoms with Gasteiger partial charge in [-0.25, -0.2) is 0 Å². The number of carbonyl (C=O) groups is 2. The number of aromatic nitrogens is 2. The minimum absolute atomic E-state index is 0.0750. The van der Waals surface area contributed by atoms with Gasteiger partial charge in [0.15, 0.2) is 0 Å². The standard InChI is InChI=1S/C41H54N6O4/c1-26-18-28-20-34-32(10-12-36(48)42-34)40(22-26)30(28)8-5-16-46(40)38(50)24-44(3)14-7-15-45(4)25-39(51)47-17-6-9-31-29-19-27(2)23-41(31,47)33-11-13-37(49)43-35(33)21-29/h10-13,18-19,28-31H,5-9,14-17,20-25H2,1-4H3,(H,42,48)(H,43,49)/t28?,29?,30-,31-,40-,41-/m1/s1. The molecule has 2 aliphatic heterocycles. The Bertz CT molecular complexity index is 1780. The summed E-state index contributed by atoms with van der Waals surface area (Å²) in [5.41, 5.74) is 5.98. The maximum atomic E-state index is 14.2. The van der Waals surface area contributed by atoms with E-state index in [9.17, 15) is 19.2 Å². The van der Waals surface area contributed by atoms with E-state index in [0.29, 0.717) is 36.8 Å². The number of H-pyrrole nitrogens is 2. The van der Waals surface area contributed by atoms with Crippen molar-refractivity contribution in [1.29, 1.82) is 0 Å². The third kappa shape index (κ3) is 5.68. The summed E-state index contributed by atoms with van der Waals surface area (Å²) in [5, 5.41) is 0. The molecule has 0 spiro atoms. The first-order valence-electron chi connectivity index (χ1n) is 19.3. The molecule has 0 radical (unpaired) electrons. The van der Waals surface area contributed by atoms with Gasteiger partial charge >= 0.3 is 0 Å². The first-order chi connectivity index (χ1) is 24.5. The molecule has 2 amide bonds. The number of hydrogen-bond acceptors (Lipinski definition) is 6. The van der Waals surface area contributed by atoms with E-state index in [-0.39, 0.29) is 22.9 Å². The minimum atomic E-state index is -0.397. The van der Waals surface area contributed by atoms with E-state index in [1.54, 1.807) is 12.1 Å². The van der Waals surface area contributed by atoms with E-state index in [1.807, 2.05) is 26.2 Å². The van der Waals surface area contributed by atoms with Crippen molar-refractivity contribution in [2.45, 2.75) is 82.7 Å². The van der Waals surface area contributed by atoms with E-state index in [4.69, 9.17) is 0 Å². The van der Waals surface area contributed by atoms with Crippen molar-refractivity contribution in [3.8, 4) is 0 Å². The molecule has 4 bridgehead atoms. The van der Waals surface area contributed by atoms with Gasteiger partial charge in [0.25, 0.3) is 0 Å². The van der Waals surface area contributed by atoms with Gasteiger partial charge in [-0.15, -0.1) is 0 Å². The fourth-order valence-electron chi connectivity index (χ4n) is 11.8. The molecule has 10 nitrogen and oxygen atoms in total. The van der Waals surface area contributed by atoms with Gasteiger partial charge in [-0.2, -0.15) is 0 Å². The lowest BCUT2D eigenvalue weighted by molar-refractivity contribution is -0.149. The van der Waals surface area contributed by atoms with E-state index in [2.05, 4.69) is 55.6 Å². The number of likely N-dealkylation sites (N-methyl/N-ethyl adjacent to an activating group) is 2. The summed E-state index contributed by atoms with van der Waals surface area (Å²) in [4.78, 5) is 67.8. The Morgan fingerprint density at radius 2 is 1.16 bits per heavy atom. The van der Waals surface area contributed by atoms with Crippen molar-refractivity contribution in [2.75, 3.05) is 53.4 Å². The molecule has 8 rings (SSSR count). The molecule has 2 aromatic rings. The highest BCUT2D eigenvalue weighted by Crippen LogP contribution is 2.58. The van der Waals surface area contributed by atoms with Crippen LogP contribution in [0.5, 0.6) is 0 Å². The Kier molecular flexibility index (Phi) is 8.77. The molecular weight excluding hydrogens is 640 g/mol. The number of piperidine rings is 2. The molecule has 6 aliphatic rings. The highest BCUT2D eigenvalue weighted by atomic mass is 16.2. The number of hydrogen-bond donors (Lipinski definition) is 2. The third-order valence-corrected chi connectivity index (χ3v) is 13.4. The number of allylic oxidation sites excluding steroid dienone is 2. The van der Waals surface area contributed by atoms with Gasteiger partial charge in [-0.05, 0) is 146 Å². The average Bonchev–Trinajstić information content (AvgIpc) is 3.06. The SMILES string of the molecule is CC1=CC2Cc3[nH]c(=O)ccc3[C@@]3(C1)[C@@H]2CCCN3C(=O)CN(C)CCCN(C)CC(=O)N1CCC[C@@H]2C3C=C(C)C[C@]21c1ccc(=O)[nH]c1C3. The van der Waals surface area contributed by atoms with E-state index >= 15 is 0 Å². The Hall–Kier alpha value is -3.76.